The van der Waals surface area contributed by atoms with E-state index in [1.54, 1.807) is 18.5 Å². The van der Waals surface area contributed by atoms with Crippen molar-refractivity contribution in [3.05, 3.63) is 84.7 Å². The monoisotopic (exact) mass is 294 g/mol. The quantitative estimate of drug-likeness (QED) is 0.681. The molecule has 0 N–H and O–H groups in total. The summed E-state index contributed by atoms with van der Waals surface area (Å²) < 4.78 is 1.40. The molecule has 0 unspecified atom stereocenters. The first-order valence-electron chi connectivity index (χ1n) is 6.65. The summed E-state index contributed by atoms with van der Waals surface area (Å²) in [5, 5.41) is 3.75. The molecule has 0 aliphatic heterocycles. The second kappa shape index (κ2) is 6.41. The highest BCUT2D eigenvalue weighted by Gasteiger charge is 2.23. The van der Waals surface area contributed by atoms with Crippen LogP contribution in [-0.4, -0.2) is 15.7 Å². The number of benzene rings is 2. The lowest BCUT2D eigenvalue weighted by atomic mass is 10.1. The van der Waals surface area contributed by atoms with E-state index in [9.17, 15) is 4.79 Å². The predicted molar refractivity (Wildman–Crippen MR) is 84.3 cm³/mol. The van der Waals surface area contributed by atoms with Gasteiger partial charge in [0.15, 0.2) is 0 Å². The van der Waals surface area contributed by atoms with E-state index in [-0.39, 0.29) is 11.2 Å². The Labute approximate surface area is 127 Å². The molecule has 104 valence electrons. The van der Waals surface area contributed by atoms with Crippen LogP contribution in [0.2, 0.25) is 0 Å². The molecular formula is C17H14N2OS. The topological polar surface area (TPSA) is 34.9 Å². The average molecular weight is 294 g/mol. The van der Waals surface area contributed by atoms with Crippen LogP contribution in [0.15, 0.2) is 84.0 Å². The summed E-state index contributed by atoms with van der Waals surface area (Å²) in [6.45, 7) is 0. The van der Waals surface area contributed by atoms with E-state index in [4.69, 9.17) is 0 Å². The van der Waals surface area contributed by atoms with E-state index in [0.29, 0.717) is 0 Å². The normalized spacial score (nSPS) is 12.0. The van der Waals surface area contributed by atoms with Crippen LogP contribution in [0.3, 0.4) is 0 Å². The van der Waals surface area contributed by atoms with Crippen LogP contribution in [0.4, 0.5) is 0 Å². The standard InChI is InChI=1S/C17H14N2OS/c20-17(19-13-7-12-18-19)16(14-8-3-1-4-9-14)21-15-10-5-2-6-11-15/h1-13,16H/t16-/m1/s1. The Morgan fingerprint density at radius 1 is 0.952 bits per heavy atom. The smallest absolute Gasteiger partial charge is 0.264 e. The van der Waals surface area contributed by atoms with Crippen molar-refractivity contribution in [1.29, 1.82) is 0 Å². The zero-order valence-electron chi connectivity index (χ0n) is 11.3. The number of hydrogen-bond donors (Lipinski definition) is 0. The molecule has 0 amide bonds. The minimum absolute atomic E-state index is 0.0416. The highest BCUT2D eigenvalue weighted by molar-refractivity contribution is 8.00. The molecule has 3 rings (SSSR count). The molecule has 21 heavy (non-hydrogen) atoms. The zero-order valence-corrected chi connectivity index (χ0v) is 12.1. The van der Waals surface area contributed by atoms with Gasteiger partial charge < -0.3 is 0 Å². The van der Waals surface area contributed by atoms with E-state index < -0.39 is 0 Å². The molecule has 0 radical (unpaired) electrons. The van der Waals surface area contributed by atoms with E-state index in [1.165, 1.54) is 16.4 Å². The zero-order chi connectivity index (χ0) is 14.5. The predicted octanol–water partition coefficient (Wildman–Crippen LogP) is 4.06. The third-order valence-corrected chi connectivity index (χ3v) is 4.31. The van der Waals surface area contributed by atoms with Crippen LogP contribution < -0.4 is 0 Å². The van der Waals surface area contributed by atoms with Gasteiger partial charge >= 0.3 is 0 Å². The van der Waals surface area contributed by atoms with Crippen molar-refractivity contribution in [2.24, 2.45) is 0 Å². The molecule has 3 nitrogen and oxygen atoms in total. The maximum Gasteiger partial charge on any atom is 0.264 e. The largest absolute Gasteiger partial charge is 0.271 e. The van der Waals surface area contributed by atoms with Crippen molar-refractivity contribution in [2.45, 2.75) is 10.1 Å². The molecule has 4 heteroatoms. The van der Waals surface area contributed by atoms with Gasteiger partial charge in [-0.2, -0.15) is 5.10 Å². The maximum absolute atomic E-state index is 12.7. The number of thioether (sulfide) groups is 1. The Hall–Kier alpha value is -2.33. The minimum atomic E-state index is -0.312. The second-order valence-corrected chi connectivity index (χ2v) is 5.69. The lowest BCUT2D eigenvalue weighted by Gasteiger charge is -2.15. The number of rotatable bonds is 4. The highest BCUT2D eigenvalue weighted by atomic mass is 32.2. The molecule has 0 saturated heterocycles. The number of carbonyl (C=O) groups is 1. The summed E-state index contributed by atoms with van der Waals surface area (Å²) in [7, 11) is 0. The van der Waals surface area contributed by atoms with Gasteiger partial charge in [0.25, 0.3) is 5.91 Å². The Morgan fingerprint density at radius 3 is 2.24 bits per heavy atom. The van der Waals surface area contributed by atoms with Crippen molar-refractivity contribution >= 4 is 17.7 Å². The second-order valence-electron chi connectivity index (χ2n) is 4.51. The van der Waals surface area contributed by atoms with Gasteiger partial charge in [-0.15, -0.1) is 11.8 Å². The van der Waals surface area contributed by atoms with E-state index in [1.807, 2.05) is 60.7 Å². The van der Waals surface area contributed by atoms with Gasteiger partial charge in [0.05, 0.1) is 0 Å². The van der Waals surface area contributed by atoms with Gasteiger partial charge in [-0.25, -0.2) is 4.68 Å². The third-order valence-electron chi connectivity index (χ3n) is 3.05. The average Bonchev–Trinajstić information content (AvgIpc) is 3.08. The summed E-state index contributed by atoms with van der Waals surface area (Å²) in [4.78, 5) is 13.8. The van der Waals surface area contributed by atoms with Gasteiger partial charge in [0.1, 0.15) is 5.25 Å². The van der Waals surface area contributed by atoms with Gasteiger partial charge in [0.2, 0.25) is 0 Å². The van der Waals surface area contributed by atoms with Gasteiger partial charge in [-0.1, -0.05) is 48.5 Å². The van der Waals surface area contributed by atoms with Crippen molar-refractivity contribution < 1.29 is 4.79 Å². The molecule has 1 aromatic heterocycles. The van der Waals surface area contributed by atoms with Crippen LogP contribution in [0.1, 0.15) is 15.6 Å². The maximum atomic E-state index is 12.7. The number of hydrogen-bond acceptors (Lipinski definition) is 3. The first-order chi connectivity index (χ1) is 10.3. The fourth-order valence-corrected chi connectivity index (χ4v) is 3.13. The molecule has 0 spiro atoms. The summed E-state index contributed by atoms with van der Waals surface area (Å²) >= 11 is 1.54. The van der Waals surface area contributed by atoms with E-state index in [0.717, 1.165) is 10.5 Å². The Morgan fingerprint density at radius 2 is 1.62 bits per heavy atom. The fraction of sp³-hybridized carbons (Fsp3) is 0.0588. The molecule has 2 aromatic carbocycles. The molecule has 1 atom stereocenters. The van der Waals surface area contributed by atoms with Crippen LogP contribution in [0, 0.1) is 0 Å². The Kier molecular flexibility index (Phi) is 4.17. The molecule has 1 heterocycles. The summed E-state index contributed by atoms with van der Waals surface area (Å²) in [6.07, 6.45) is 3.30. The highest BCUT2D eigenvalue weighted by Crippen LogP contribution is 2.36. The van der Waals surface area contributed by atoms with E-state index in [2.05, 4.69) is 5.10 Å². The van der Waals surface area contributed by atoms with Crippen molar-refractivity contribution in [2.75, 3.05) is 0 Å². The summed E-state index contributed by atoms with van der Waals surface area (Å²) in [5.74, 6) is -0.0416. The van der Waals surface area contributed by atoms with Gasteiger partial charge in [0, 0.05) is 17.3 Å². The molecule has 0 bridgehead atoms. The Balaban J connectivity index is 1.93. The molecule has 0 aliphatic rings. The first-order valence-corrected chi connectivity index (χ1v) is 7.53. The number of nitrogens with zero attached hydrogens (tertiary/aromatic N) is 2. The van der Waals surface area contributed by atoms with E-state index >= 15 is 0 Å². The fourth-order valence-electron chi connectivity index (χ4n) is 2.04. The molecule has 0 saturated carbocycles. The van der Waals surface area contributed by atoms with Crippen LogP contribution >= 0.6 is 11.8 Å². The minimum Gasteiger partial charge on any atom is -0.271 e. The Bertz CT molecular complexity index is 696. The SMILES string of the molecule is O=C([C@H](Sc1ccccc1)c1ccccc1)n1cccn1. The molecule has 0 fully saturated rings. The van der Waals surface area contributed by atoms with Crippen LogP contribution in [0.25, 0.3) is 0 Å². The number of aromatic nitrogens is 2. The van der Waals surface area contributed by atoms with Gasteiger partial charge in [-0.3, -0.25) is 4.79 Å². The number of carbonyl (C=O) groups excluding carboxylic acids is 1. The third kappa shape index (κ3) is 3.23. The lowest BCUT2D eigenvalue weighted by Crippen LogP contribution is -2.18. The van der Waals surface area contributed by atoms with Crippen molar-refractivity contribution in [1.82, 2.24) is 9.78 Å². The summed E-state index contributed by atoms with van der Waals surface area (Å²) in [6, 6.07) is 21.5. The van der Waals surface area contributed by atoms with Crippen LogP contribution in [-0.2, 0) is 0 Å². The van der Waals surface area contributed by atoms with Crippen LogP contribution in [0.5, 0.6) is 0 Å². The molecular weight excluding hydrogens is 280 g/mol. The van der Waals surface area contributed by atoms with Gasteiger partial charge in [-0.05, 0) is 23.8 Å². The molecule has 0 aliphatic carbocycles. The van der Waals surface area contributed by atoms with Crippen molar-refractivity contribution in [3.8, 4) is 0 Å². The van der Waals surface area contributed by atoms with Crippen molar-refractivity contribution in [3.63, 3.8) is 0 Å². The summed E-state index contributed by atoms with van der Waals surface area (Å²) in [5.41, 5.74) is 0.979. The molecule has 3 aromatic rings. The first kappa shape index (κ1) is 13.6. The lowest BCUT2D eigenvalue weighted by molar-refractivity contribution is 0.0894.